The molecule has 0 radical (unpaired) electrons. The summed E-state index contributed by atoms with van der Waals surface area (Å²) in [7, 11) is 0. The molecule has 0 bridgehead atoms. The van der Waals surface area contributed by atoms with Gasteiger partial charge in [-0.05, 0) is 42.9 Å². The van der Waals surface area contributed by atoms with Crippen LogP contribution in [0.1, 0.15) is 44.8 Å². The molecule has 1 saturated heterocycles. The van der Waals surface area contributed by atoms with Crippen LogP contribution in [0.4, 0.5) is 0 Å². The first-order valence-corrected chi connectivity index (χ1v) is 7.64. The number of benzene rings is 1. The topological polar surface area (TPSA) is 18.5 Å². The predicted molar refractivity (Wildman–Crippen MR) is 80.9 cm³/mol. The third-order valence-electron chi connectivity index (χ3n) is 4.38. The van der Waals surface area contributed by atoms with Crippen LogP contribution in [0.25, 0.3) is 0 Å². The smallest absolute Gasteiger partial charge is 0.119 e. The molecule has 108 valence electrons. The van der Waals surface area contributed by atoms with Crippen molar-refractivity contribution in [3.8, 4) is 5.75 Å². The zero-order valence-corrected chi connectivity index (χ0v) is 12.5. The average molecular weight is 272 g/mol. The van der Waals surface area contributed by atoms with Gasteiger partial charge in [0, 0.05) is 5.41 Å². The van der Waals surface area contributed by atoms with Crippen molar-refractivity contribution in [2.45, 2.75) is 39.2 Å². The summed E-state index contributed by atoms with van der Waals surface area (Å²) in [6, 6.07) is 8.43. The van der Waals surface area contributed by atoms with Crippen molar-refractivity contribution in [3.05, 3.63) is 42.0 Å². The van der Waals surface area contributed by atoms with Crippen molar-refractivity contribution in [2.75, 3.05) is 13.2 Å². The van der Waals surface area contributed by atoms with E-state index >= 15 is 0 Å². The zero-order chi connectivity index (χ0) is 14.0. The van der Waals surface area contributed by atoms with Gasteiger partial charge in [0.1, 0.15) is 5.75 Å². The first kappa shape index (κ1) is 13.7. The largest absolute Gasteiger partial charge is 0.493 e. The Balaban J connectivity index is 1.55. The molecule has 0 spiro atoms. The van der Waals surface area contributed by atoms with Gasteiger partial charge >= 0.3 is 0 Å². The van der Waals surface area contributed by atoms with E-state index in [0.29, 0.717) is 5.92 Å². The summed E-state index contributed by atoms with van der Waals surface area (Å²) in [6.45, 7) is 6.19. The van der Waals surface area contributed by atoms with Gasteiger partial charge in [0.05, 0.1) is 19.3 Å². The maximum absolute atomic E-state index is 5.91. The highest BCUT2D eigenvalue weighted by Gasteiger charge is 2.40. The fraction of sp³-hybridized carbons (Fsp3) is 0.556. The fourth-order valence-corrected chi connectivity index (χ4v) is 3.01. The summed E-state index contributed by atoms with van der Waals surface area (Å²) >= 11 is 0. The second kappa shape index (κ2) is 5.61. The Morgan fingerprint density at radius 2 is 2.00 bits per heavy atom. The molecule has 20 heavy (non-hydrogen) atoms. The maximum atomic E-state index is 5.91. The SMILES string of the molecule is CC1(C)COC1c1ccc(OC[C@@H]2CC=CCC2)cc1. The van der Waals surface area contributed by atoms with Crippen LogP contribution in [0.2, 0.25) is 0 Å². The van der Waals surface area contributed by atoms with Crippen LogP contribution in [-0.4, -0.2) is 13.2 Å². The summed E-state index contributed by atoms with van der Waals surface area (Å²) in [4.78, 5) is 0. The molecule has 0 saturated carbocycles. The van der Waals surface area contributed by atoms with Gasteiger partial charge in [0.2, 0.25) is 0 Å². The fourth-order valence-electron chi connectivity index (χ4n) is 3.01. The van der Waals surface area contributed by atoms with Gasteiger partial charge < -0.3 is 9.47 Å². The molecule has 1 aromatic rings. The minimum Gasteiger partial charge on any atom is -0.493 e. The minimum atomic E-state index is 0.236. The summed E-state index contributed by atoms with van der Waals surface area (Å²) in [6.07, 6.45) is 8.38. The van der Waals surface area contributed by atoms with E-state index in [1.807, 2.05) is 0 Å². The Kier molecular flexibility index (Phi) is 3.84. The summed E-state index contributed by atoms with van der Waals surface area (Å²) in [5, 5.41) is 0. The van der Waals surface area contributed by atoms with Crippen molar-refractivity contribution in [2.24, 2.45) is 11.3 Å². The van der Waals surface area contributed by atoms with Gasteiger partial charge in [-0.25, -0.2) is 0 Å². The highest BCUT2D eigenvalue weighted by atomic mass is 16.5. The second-order valence-electron chi connectivity index (χ2n) is 6.71. The van der Waals surface area contributed by atoms with Gasteiger partial charge in [-0.1, -0.05) is 38.1 Å². The molecule has 1 heterocycles. The lowest BCUT2D eigenvalue weighted by Gasteiger charge is -2.44. The molecule has 0 amide bonds. The molecule has 1 aliphatic heterocycles. The van der Waals surface area contributed by atoms with Crippen LogP contribution >= 0.6 is 0 Å². The lowest BCUT2D eigenvalue weighted by atomic mass is 9.79. The van der Waals surface area contributed by atoms with Gasteiger partial charge in [0.25, 0.3) is 0 Å². The second-order valence-corrected chi connectivity index (χ2v) is 6.71. The van der Waals surface area contributed by atoms with Gasteiger partial charge in [-0.15, -0.1) is 0 Å². The standard InChI is InChI=1S/C18H24O2/c1-18(2)13-20-17(18)15-8-10-16(11-9-15)19-12-14-6-4-3-5-7-14/h3-4,8-11,14,17H,5-7,12-13H2,1-2H3/t14-,17?/m1/s1. The molecule has 2 aliphatic rings. The van der Waals surface area contributed by atoms with Crippen molar-refractivity contribution < 1.29 is 9.47 Å². The Hall–Kier alpha value is -1.28. The van der Waals surface area contributed by atoms with Gasteiger partial charge in [-0.2, -0.15) is 0 Å². The molecule has 1 fully saturated rings. The lowest BCUT2D eigenvalue weighted by molar-refractivity contribution is -0.172. The Morgan fingerprint density at radius 1 is 1.20 bits per heavy atom. The average Bonchev–Trinajstić information content (AvgIpc) is 2.47. The number of hydrogen-bond donors (Lipinski definition) is 0. The van der Waals surface area contributed by atoms with Crippen molar-refractivity contribution >= 4 is 0 Å². The number of rotatable bonds is 4. The van der Waals surface area contributed by atoms with E-state index in [2.05, 4.69) is 50.3 Å². The third kappa shape index (κ3) is 2.90. The first-order chi connectivity index (χ1) is 9.65. The lowest BCUT2D eigenvalue weighted by Crippen LogP contribution is -2.40. The highest BCUT2D eigenvalue weighted by Crippen LogP contribution is 2.45. The number of hydrogen-bond acceptors (Lipinski definition) is 2. The molecule has 2 heteroatoms. The van der Waals surface area contributed by atoms with E-state index < -0.39 is 0 Å². The Bertz CT molecular complexity index is 473. The molecule has 1 unspecified atom stereocenters. The molecule has 2 nitrogen and oxygen atoms in total. The quantitative estimate of drug-likeness (QED) is 0.750. The van der Waals surface area contributed by atoms with Gasteiger partial charge in [0.15, 0.2) is 0 Å². The molecule has 0 N–H and O–H groups in total. The first-order valence-electron chi connectivity index (χ1n) is 7.64. The van der Waals surface area contributed by atoms with E-state index in [1.165, 1.54) is 18.4 Å². The zero-order valence-electron chi connectivity index (χ0n) is 12.5. The highest BCUT2D eigenvalue weighted by molar-refractivity contribution is 5.30. The van der Waals surface area contributed by atoms with Crippen LogP contribution in [0, 0.1) is 11.3 Å². The summed E-state index contributed by atoms with van der Waals surface area (Å²) in [5.41, 5.74) is 1.52. The molecule has 0 aromatic heterocycles. The van der Waals surface area contributed by atoms with Gasteiger partial charge in [-0.3, -0.25) is 0 Å². The van der Waals surface area contributed by atoms with E-state index in [4.69, 9.17) is 9.47 Å². The summed E-state index contributed by atoms with van der Waals surface area (Å²) < 4.78 is 11.6. The van der Waals surface area contributed by atoms with E-state index in [-0.39, 0.29) is 11.5 Å². The molecule has 3 rings (SSSR count). The maximum Gasteiger partial charge on any atom is 0.119 e. The van der Waals surface area contributed by atoms with Crippen LogP contribution < -0.4 is 4.74 Å². The monoisotopic (exact) mass is 272 g/mol. The van der Waals surface area contributed by atoms with E-state index in [0.717, 1.165) is 25.4 Å². The third-order valence-corrected chi connectivity index (χ3v) is 4.38. The van der Waals surface area contributed by atoms with Crippen molar-refractivity contribution in [1.29, 1.82) is 0 Å². The Labute approximate surface area is 121 Å². The predicted octanol–water partition coefficient (Wildman–Crippen LogP) is 4.52. The van der Waals surface area contributed by atoms with Crippen LogP contribution in [0.5, 0.6) is 5.75 Å². The molecule has 2 atom stereocenters. The molecule has 1 aliphatic carbocycles. The molecule has 1 aromatic carbocycles. The normalized spacial score (nSPS) is 27.9. The summed E-state index contributed by atoms with van der Waals surface area (Å²) in [5.74, 6) is 1.65. The minimum absolute atomic E-state index is 0.236. The van der Waals surface area contributed by atoms with E-state index in [1.54, 1.807) is 0 Å². The number of ether oxygens (including phenoxy) is 2. The van der Waals surface area contributed by atoms with Crippen LogP contribution in [0.3, 0.4) is 0 Å². The van der Waals surface area contributed by atoms with Crippen LogP contribution in [0.15, 0.2) is 36.4 Å². The molecular weight excluding hydrogens is 248 g/mol. The Morgan fingerprint density at radius 3 is 2.55 bits per heavy atom. The number of allylic oxidation sites excluding steroid dienone is 2. The van der Waals surface area contributed by atoms with Crippen LogP contribution in [-0.2, 0) is 4.74 Å². The van der Waals surface area contributed by atoms with E-state index in [9.17, 15) is 0 Å². The van der Waals surface area contributed by atoms with Crippen molar-refractivity contribution in [3.63, 3.8) is 0 Å². The molecular formula is C18H24O2. The van der Waals surface area contributed by atoms with Crippen molar-refractivity contribution in [1.82, 2.24) is 0 Å².